The number of nitro benzene ring substituents is 1. The lowest BCUT2D eigenvalue weighted by Crippen LogP contribution is -1.97. The number of thioether (sulfide) groups is 1. The first-order valence-corrected chi connectivity index (χ1v) is 10.7. The van der Waals surface area contributed by atoms with E-state index in [1.807, 2.05) is 0 Å². The highest BCUT2D eigenvalue weighted by Gasteiger charge is 2.17. The zero-order valence-corrected chi connectivity index (χ0v) is 18.6. The first-order valence-electron chi connectivity index (χ1n) is 9.46. The van der Waals surface area contributed by atoms with Crippen LogP contribution in [-0.4, -0.2) is 31.2 Å². The number of benzene rings is 2. The Morgan fingerprint density at radius 1 is 1.18 bits per heavy atom. The van der Waals surface area contributed by atoms with Gasteiger partial charge in [-0.25, -0.2) is 9.78 Å². The van der Waals surface area contributed by atoms with Crippen molar-refractivity contribution in [2.75, 3.05) is 0 Å². The summed E-state index contributed by atoms with van der Waals surface area (Å²) < 4.78 is 5.71. The van der Waals surface area contributed by atoms with E-state index in [1.54, 1.807) is 55.5 Å². The number of aromatic nitrogens is 3. The number of carboxylic acid groups (broad SMARTS) is 1. The van der Waals surface area contributed by atoms with E-state index in [0.29, 0.717) is 27.7 Å². The summed E-state index contributed by atoms with van der Waals surface area (Å²) in [6.07, 6.45) is 1.34. The summed E-state index contributed by atoms with van der Waals surface area (Å²) >= 11 is 6.75. The predicted molar refractivity (Wildman–Crippen MR) is 124 cm³/mol. The summed E-state index contributed by atoms with van der Waals surface area (Å²) in [5, 5.41) is 28.4. The molecule has 166 valence electrons. The van der Waals surface area contributed by atoms with Gasteiger partial charge in [0.15, 0.2) is 5.82 Å². The Morgan fingerprint density at radius 2 is 1.91 bits per heavy atom. The van der Waals surface area contributed by atoms with Gasteiger partial charge in [0.2, 0.25) is 5.16 Å². The molecule has 0 saturated carbocycles. The predicted octanol–water partition coefficient (Wildman–Crippen LogP) is 5.82. The Labute approximate surface area is 196 Å². The summed E-state index contributed by atoms with van der Waals surface area (Å²) in [5.41, 5.74) is 1.77. The van der Waals surface area contributed by atoms with Crippen LogP contribution >= 0.6 is 23.4 Å². The van der Waals surface area contributed by atoms with E-state index in [0.717, 1.165) is 17.3 Å². The summed E-state index contributed by atoms with van der Waals surface area (Å²) in [4.78, 5) is 26.8. The maximum atomic E-state index is 11.8. The third-order valence-corrected chi connectivity index (χ3v) is 5.71. The van der Waals surface area contributed by atoms with Crippen LogP contribution in [0.5, 0.6) is 0 Å². The summed E-state index contributed by atoms with van der Waals surface area (Å²) in [5.74, 6) is -0.0597. The number of hydrogen-bond donors (Lipinski definition) is 2. The van der Waals surface area contributed by atoms with Gasteiger partial charge in [0.25, 0.3) is 5.69 Å². The van der Waals surface area contributed by atoms with Crippen molar-refractivity contribution >= 4 is 41.1 Å². The molecule has 2 aromatic heterocycles. The number of nitro groups is 1. The number of carbonyl (C=O) groups is 1. The van der Waals surface area contributed by atoms with Crippen molar-refractivity contribution in [3.8, 4) is 22.7 Å². The van der Waals surface area contributed by atoms with E-state index in [-0.39, 0.29) is 21.5 Å². The minimum absolute atomic E-state index is 0.0242. The third-order valence-electron chi connectivity index (χ3n) is 4.59. The maximum Gasteiger partial charge on any atom is 0.342 e. The van der Waals surface area contributed by atoms with Gasteiger partial charge >= 0.3 is 5.97 Å². The van der Waals surface area contributed by atoms with Crippen molar-refractivity contribution in [2.45, 2.75) is 12.1 Å². The maximum absolute atomic E-state index is 11.8. The van der Waals surface area contributed by atoms with E-state index in [1.165, 1.54) is 12.1 Å². The van der Waals surface area contributed by atoms with Gasteiger partial charge in [0, 0.05) is 33.9 Å². The number of nitrogens with zero attached hydrogens (tertiary/aromatic N) is 3. The molecule has 0 radical (unpaired) electrons. The molecular formula is C22H15ClN4O5S. The fraction of sp³-hybridized carbons (Fsp3) is 0.0455. The van der Waals surface area contributed by atoms with E-state index >= 15 is 0 Å². The van der Waals surface area contributed by atoms with Gasteiger partial charge in [0.1, 0.15) is 16.4 Å². The first kappa shape index (κ1) is 22.3. The first-order chi connectivity index (χ1) is 15.8. The molecule has 0 fully saturated rings. The van der Waals surface area contributed by atoms with Gasteiger partial charge in [-0.2, -0.15) is 0 Å². The van der Waals surface area contributed by atoms with E-state index in [4.69, 9.17) is 16.0 Å². The van der Waals surface area contributed by atoms with Gasteiger partial charge in [0.05, 0.1) is 4.92 Å². The van der Waals surface area contributed by atoms with Crippen molar-refractivity contribution in [1.29, 1.82) is 0 Å². The van der Waals surface area contributed by atoms with Crippen molar-refractivity contribution in [3.63, 3.8) is 0 Å². The lowest BCUT2D eigenvalue weighted by atomic mass is 10.1. The monoisotopic (exact) mass is 482 g/mol. The second-order valence-electron chi connectivity index (χ2n) is 6.85. The Kier molecular flexibility index (Phi) is 6.29. The van der Waals surface area contributed by atoms with E-state index in [2.05, 4.69) is 15.2 Å². The van der Waals surface area contributed by atoms with Crippen LogP contribution in [0.15, 0.2) is 69.1 Å². The molecule has 0 amide bonds. The number of carboxylic acids is 1. The average Bonchev–Trinajstić information content (AvgIpc) is 3.44. The molecule has 0 saturated heterocycles. The Hall–Kier alpha value is -3.89. The number of furan rings is 1. The number of aliphatic carboxylic acids is 1. The van der Waals surface area contributed by atoms with Crippen LogP contribution in [0.1, 0.15) is 11.3 Å². The van der Waals surface area contributed by atoms with Crippen molar-refractivity contribution in [1.82, 2.24) is 15.2 Å². The zero-order chi connectivity index (χ0) is 23.5. The van der Waals surface area contributed by atoms with Crippen LogP contribution in [-0.2, 0) is 4.79 Å². The number of hydrogen-bond acceptors (Lipinski definition) is 7. The molecular weight excluding hydrogens is 468 g/mol. The minimum Gasteiger partial charge on any atom is -0.477 e. The quantitative estimate of drug-likeness (QED) is 0.145. The van der Waals surface area contributed by atoms with Crippen LogP contribution in [0.3, 0.4) is 0 Å². The molecule has 11 heteroatoms. The molecule has 4 rings (SSSR count). The topological polar surface area (TPSA) is 135 Å². The molecule has 0 aliphatic carbocycles. The number of aromatic amines is 1. The summed E-state index contributed by atoms with van der Waals surface area (Å²) in [6, 6.07) is 14.9. The van der Waals surface area contributed by atoms with Gasteiger partial charge in [-0.15, -0.1) is 5.10 Å². The van der Waals surface area contributed by atoms with E-state index in [9.17, 15) is 20.0 Å². The molecule has 4 aromatic rings. The Balaban J connectivity index is 1.57. The second-order valence-corrected chi connectivity index (χ2v) is 8.30. The molecule has 2 N–H and O–H groups in total. The molecule has 0 unspecified atom stereocenters. The molecule has 0 bridgehead atoms. The molecule has 9 nitrogen and oxygen atoms in total. The van der Waals surface area contributed by atoms with Crippen molar-refractivity contribution in [2.24, 2.45) is 0 Å². The van der Waals surface area contributed by atoms with Gasteiger partial charge in [-0.3, -0.25) is 15.2 Å². The molecule has 0 aliphatic heterocycles. The average molecular weight is 483 g/mol. The van der Waals surface area contributed by atoms with Crippen LogP contribution in [0.25, 0.3) is 28.8 Å². The molecule has 0 aliphatic rings. The SMILES string of the molecule is Cc1ccc(-c2ccc(/C=C(\Sc3n[nH]c(-c4ccc(Cl)cc4)n3)C(=O)O)o2)cc1[N+](=O)[O-]. The molecule has 0 atom stereocenters. The fourth-order valence-corrected chi connectivity index (χ4v) is 3.75. The number of halogens is 1. The fourth-order valence-electron chi connectivity index (χ4n) is 2.94. The number of rotatable bonds is 7. The zero-order valence-electron chi connectivity index (χ0n) is 17.0. The smallest absolute Gasteiger partial charge is 0.342 e. The highest BCUT2D eigenvalue weighted by molar-refractivity contribution is 8.04. The Morgan fingerprint density at radius 3 is 2.61 bits per heavy atom. The lowest BCUT2D eigenvalue weighted by molar-refractivity contribution is -0.385. The number of aryl methyl sites for hydroxylation is 1. The third kappa shape index (κ3) is 5.13. The van der Waals surface area contributed by atoms with Crippen LogP contribution < -0.4 is 0 Å². The van der Waals surface area contributed by atoms with Gasteiger partial charge in [-0.1, -0.05) is 23.7 Å². The number of nitrogens with one attached hydrogen (secondary N) is 1. The van der Waals surface area contributed by atoms with Crippen LogP contribution in [0.2, 0.25) is 5.02 Å². The molecule has 0 spiro atoms. The second kappa shape index (κ2) is 9.31. The Bertz CT molecular complexity index is 1380. The highest BCUT2D eigenvalue weighted by atomic mass is 35.5. The summed E-state index contributed by atoms with van der Waals surface area (Å²) in [7, 11) is 0. The summed E-state index contributed by atoms with van der Waals surface area (Å²) in [6.45, 7) is 1.65. The number of H-pyrrole nitrogens is 1. The lowest BCUT2D eigenvalue weighted by Gasteiger charge is -2.01. The van der Waals surface area contributed by atoms with Crippen molar-refractivity contribution < 1.29 is 19.2 Å². The minimum atomic E-state index is -1.18. The van der Waals surface area contributed by atoms with Crippen molar-refractivity contribution in [3.05, 3.63) is 86.0 Å². The molecule has 2 heterocycles. The van der Waals surface area contributed by atoms with Gasteiger partial charge < -0.3 is 9.52 Å². The normalized spacial score (nSPS) is 11.5. The highest BCUT2D eigenvalue weighted by Crippen LogP contribution is 2.31. The van der Waals surface area contributed by atoms with Crippen LogP contribution in [0.4, 0.5) is 5.69 Å². The van der Waals surface area contributed by atoms with E-state index < -0.39 is 10.9 Å². The largest absolute Gasteiger partial charge is 0.477 e. The van der Waals surface area contributed by atoms with Gasteiger partial charge in [-0.05, 0) is 55.1 Å². The molecule has 2 aromatic carbocycles. The molecule has 33 heavy (non-hydrogen) atoms. The standard InChI is InChI=1S/C22H15ClN4O5S/c1-12-2-3-14(10-17(12)27(30)31)18-9-8-16(32-18)11-19(21(28)29)33-22-24-20(25-26-22)13-4-6-15(23)7-5-13/h2-11H,1H3,(H,28,29)(H,24,25,26)/b19-11-. The van der Waals surface area contributed by atoms with Crippen LogP contribution in [0, 0.1) is 17.0 Å².